The van der Waals surface area contributed by atoms with Crippen molar-refractivity contribution in [2.45, 2.75) is 38.6 Å². The van der Waals surface area contributed by atoms with E-state index in [9.17, 15) is 0 Å². The molecule has 0 bridgehead atoms. The van der Waals surface area contributed by atoms with Gasteiger partial charge in [-0.2, -0.15) is 0 Å². The Morgan fingerprint density at radius 1 is 1.41 bits per heavy atom. The lowest BCUT2D eigenvalue weighted by Crippen LogP contribution is -2.40. The van der Waals surface area contributed by atoms with Crippen LogP contribution in [0.4, 0.5) is 11.4 Å². The van der Waals surface area contributed by atoms with E-state index < -0.39 is 0 Å². The molecule has 1 fully saturated rings. The van der Waals surface area contributed by atoms with E-state index in [1.54, 1.807) is 0 Å². The molecular weight excluding hydrogens is 212 g/mol. The first-order valence-electron chi connectivity index (χ1n) is 6.46. The van der Waals surface area contributed by atoms with Crippen LogP contribution in [-0.4, -0.2) is 24.3 Å². The van der Waals surface area contributed by atoms with E-state index in [4.69, 9.17) is 10.8 Å². The smallest absolute Gasteiger partial charge is 0.0450 e. The number of hydrogen-bond acceptors (Lipinski definition) is 3. The summed E-state index contributed by atoms with van der Waals surface area (Å²) >= 11 is 0. The lowest BCUT2D eigenvalue weighted by molar-refractivity contribution is 0.262. The van der Waals surface area contributed by atoms with Crippen LogP contribution >= 0.6 is 0 Å². The summed E-state index contributed by atoms with van der Waals surface area (Å²) in [6.45, 7) is 3.47. The van der Waals surface area contributed by atoms with Crippen LogP contribution in [0.1, 0.15) is 31.2 Å². The molecule has 1 saturated heterocycles. The number of aryl methyl sites for hydroxylation is 1. The van der Waals surface area contributed by atoms with Gasteiger partial charge < -0.3 is 15.7 Å². The van der Waals surface area contributed by atoms with Crippen LogP contribution in [0.25, 0.3) is 0 Å². The van der Waals surface area contributed by atoms with Gasteiger partial charge in [0.05, 0.1) is 0 Å². The number of aliphatic hydroxyl groups is 1. The van der Waals surface area contributed by atoms with Gasteiger partial charge >= 0.3 is 0 Å². The number of anilines is 2. The van der Waals surface area contributed by atoms with Gasteiger partial charge in [-0.1, -0.05) is 0 Å². The first-order chi connectivity index (χ1) is 8.22. The molecule has 0 radical (unpaired) electrons. The monoisotopic (exact) mass is 234 g/mol. The Morgan fingerprint density at radius 2 is 2.24 bits per heavy atom. The van der Waals surface area contributed by atoms with Crippen molar-refractivity contribution in [1.82, 2.24) is 0 Å². The van der Waals surface area contributed by atoms with Gasteiger partial charge in [0.25, 0.3) is 0 Å². The van der Waals surface area contributed by atoms with Gasteiger partial charge in [-0.15, -0.1) is 0 Å². The third-order valence-electron chi connectivity index (χ3n) is 3.62. The number of piperidine rings is 1. The van der Waals surface area contributed by atoms with Crippen molar-refractivity contribution in [2.24, 2.45) is 0 Å². The minimum atomic E-state index is 0.273. The lowest BCUT2D eigenvalue weighted by Gasteiger charge is -2.38. The zero-order chi connectivity index (χ0) is 12.3. The predicted octanol–water partition coefficient (Wildman–Crippen LogP) is 2.32. The van der Waals surface area contributed by atoms with Gasteiger partial charge in [-0.3, -0.25) is 0 Å². The van der Waals surface area contributed by atoms with Crippen molar-refractivity contribution in [3.8, 4) is 0 Å². The maximum absolute atomic E-state index is 9.15. The van der Waals surface area contributed by atoms with Crippen LogP contribution in [0.15, 0.2) is 18.2 Å². The second kappa shape index (κ2) is 5.41. The lowest BCUT2D eigenvalue weighted by atomic mass is 9.97. The Bertz CT molecular complexity index is 376. The molecule has 1 unspecified atom stereocenters. The summed E-state index contributed by atoms with van der Waals surface area (Å²) in [4.78, 5) is 2.44. The molecule has 1 atom stereocenters. The first kappa shape index (κ1) is 12.2. The third kappa shape index (κ3) is 2.72. The first-order valence-corrected chi connectivity index (χ1v) is 6.46. The molecule has 0 saturated carbocycles. The highest BCUT2D eigenvalue weighted by atomic mass is 16.3. The number of nitrogens with two attached hydrogens (primary N) is 1. The van der Waals surface area contributed by atoms with E-state index in [0.29, 0.717) is 6.04 Å². The summed E-state index contributed by atoms with van der Waals surface area (Å²) in [6.07, 6.45) is 4.56. The molecule has 1 aliphatic heterocycles. The number of nitrogen functional groups attached to an aromatic ring is 1. The Kier molecular flexibility index (Phi) is 3.89. The highest BCUT2D eigenvalue weighted by Crippen LogP contribution is 2.30. The molecular formula is C14H22N2O. The summed E-state index contributed by atoms with van der Waals surface area (Å²) < 4.78 is 0. The van der Waals surface area contributed by atoms with Crippen molar-refractivity contribution < 1.29 is 5.11 Å². The van der Waals surface area contributed by atoms with E-state index >= 15 is 0 Å². The summed E-state index contributed by atoms with van der Waals surface area (Å²) in [5.74, 6) is 0. The van der Waals surface area contributed by atoms with Crippen LogP contribution in [0.5, 0.6) is 0 Å². The van der Waals surface area contributed by atoms with Crippen LogP contribution in [-0.2, 0) is 0 Å². The SMILES string of the molecule is Cc1cc(N)ccc1N1CCCCC1CCO. The number of benzene rings is 1. The van der Waals surface area contributed by atoms with Gasteiger partial charge in [-0.25, -0.2) is 0 Å². The maximum atomic E-state index is 9.15. The average Bonchev–Trinajstić information content (AvgIpc) is 2.31. The van der Waals surface area contributed by atoms with Crippen molar-refractivity contribution >= 4 is 11.4 Å². The normalized spacial score (nSPS) is 20.6. The minimum absolute atomic E-state index is 0.273. The quantitative estimate of drug-likeness (QED) is 0.789. The molecule has 3 heteroatoms. The average molecular weight is 234 g/mol. The molecule has 0 aromatic heterocycles. The Morgan fingerprint density at radius 3 is 2.94 bits per heavy atom. The van der Waals surface area contributed by atoms with E-state index in [2.05, 4.69) is 17.9 Å². The number of nitrogens with zero attached hydrogens (tertiary/aromatic N) is 1. The summed E-state index contributed by atoms with van der Waals surface area (Å²) in [5, 5.41) is 9.15. The van der Waals surface area contributed by atoms with Crippen molar-refractivity contribution in [3.05, 3.63) is 23.8 Å². The molecule has 1 aromatic rings. The fraction of sp³-hybridized carbons (Fsp3) is 0.571. The molecule has 2 rings (SSSR count). The van der Waals surface area contributed by atoms with Gasteiger partial charge in [0.15, 0.2) is 0 Å². The van der Waals surface area contributed by atoms with Crippen LogP contribution in [0, 0.1) is 6.92 Å². The van der Waals surface area contributed by atoms with Crippen LogP contribution in [0.3, 0.4) is 0 Å². The summed E-state index contributed by atoms with van der Waals surface area (Å²) in [7, 11) is 0. The van der Waals surface area contributed by atoms with E-state index in [-0.39, 0.29) is 6.61 Å². The highest BCUT2D eigenvalue weighted by molar-refractivity contribution is 5.59. The predicted molar refractivity (Wildman–Crippen MR) is 72.3 cm³/mol. The standard InChI is InChI=1S/C14H22N2O/c1-11-10-12(15)5-6-14(11)16-8-3-2-4-13(16)7-9-17/h5-6,10,13,17H,2-4,7-9,15H2,1H3. The number of hydrogen-bond donors (Lipinski definition) is 2. The molecule has 0 spiro atoms. The molecule has 1 aliphatic rings. The van der Waals surface area contributed by atoms with Crippen LogP contribution < -0.4 is 10.6 Å². The Labute approximate surface area is 103 Å². The topological polar surface area (TPSA) is 49.5 Å². The zero-order valence-corrected chi connectivity index (χ0v) is 10.5. The molecule has 3 nitrogen and oxygen atoms in total. The molecule has 0 amide bonds. The fourth-order valence-electron chi connectivity index (χ4n) is 2.77. The van der Waals surface area contributed by atoms with Crippen LogP contribution in [0.2, 0.25) is 0 Å². The Hall–Kier alpha value is -1.22. The second-order valence-electron chi connectivity index (χ2n) is 4.90. The molecule has 17 heavy (non-hydrogen) atoms. The molecule has 1 heterocycles. The van der Waals surface area contributed by atoms with Gasteiger partial charge in [-0.05, 0) is 56.4 Å². The zero-order valence-electron chi connectivity index (χ0n) is 10.5. The molecule has 0 aliphatic carbocycles. The fourth-order valence-corrected chi connectivity index (χ4v) is 2.77. The highest BCUT2D eigenvalue weighted by Gasteiger charge is 2.23. The van der Waals surface area contributed by atoms with E-state index in [0.717, 1.165) is 18.7 Å². The van der Waals surface area contributed by atoms with Gasteiger partial charge in [0.1, 0.15) is 0 Å². The van der Waals surface area contributed by atoms with E-state index in [1.165, 1.54) is 30.5 Å². The van der Waals surface area contributed by atoms with Gasteiger partial charge in [0.2, 0.25) is 0 Å². The summed E-state index contributed by atoms with van der Waals surface area (Å²) in [6, 6.07) is 6.59. The van der Waals surface area contributed by atoms with Gasteiger partial charge in [0, 0.05) is 30.6 Å². The molecule has 1 aromatic carbocycles. The van der Waals surface area contributed by atoms with Crippen molar-refractivity contribution in [2.75, 3.05) is 23.8 Å². The number of aliphatic hydroxyl groups excluding tert-OH is 1. The Balaban J connectivity index is 2.23. The van der Waals surface area contributed by atoms with Crippen molar-refractivity contribution in [3.63, 3.8) is 0 Å². The largest absolute Gasteiger partial charge is 0.399 e. The second-order valence-corrected chi connectivity index (χ2v) is 4.90. The molecule has 3 N–H and O–H groups in total. The maximum Gasteiger partial charge on any atom is 0.0450 e. The van der Waals surface area contributed by atoms with E-state index in [1.807, 2.05) is 12.1 Å². The summed E-state index contributed by atoms with van der Waals surface area (Å²) in [5.41, 5.74) is 9.12. The molecule has 94 valence electrons. The minimum Gasteiger partial charge on any atom is -0.399 e. The third-order valence-corrected chi connectivity index (χ3v) is 3.62. The number of rotatable bonds is 3. The van der Waals surface area contributed by atoms with Crippen molar-refractivity contribution in [1.29, 1.82) is 0 Å².